The molecule has 1 atom stereocenters. The third-order valence-electron chi connectivity index (χ3n) is 3.51. The van der Waals surface area contributed by atoms with Crippen LogP contribution in [-0.2, 0) is 4.79 Å². The van der Waals surface area contributed by atoms with Crippen LogP contribution < -0.4 is 16.0 Å². The summed E-state index contributed by atoms with van der Waals surface area (Å²) in [5, 5.41) is 18.0. The molecular formula is C17H13I2N3O3. The van der Waals surface area contributed by atoms with Gasteiger partial charge in [-0.25, -0.2) is 4.79 Å². The zero-order chi connectivity index (χ0) is 18.0. The molecule has 1 aliphatic heterocycles. The number of nitrogens with one attached hydrogen (secondary N) is 3. The maximum Gasteiger partial charge on any atom is 0.319 e. The Bertz CT molecular complexity index is 863. The van der Waals surface area contributed by atoms with Crippen molar-refractivity contribution in [3.05, 3.63) is 67.0 Å². The lowest BCUT2D eigenvalue weighted by atomic mass is 10.1. The Morgan fingerprint density at radius 3 is 2.52 bits per heavy atom. The van der Waals surface area contributed by atoms with Gasteiger partial charge < -0.3 is 21.1 Å². The van der Waals surface area contributed by atoms with E-state index in [9.17, 15) is 14.7 Å². The zero-order valence-corrected chi connectivity index (χ0v) is 17.0. The largest absolute Gasteiger partial charge is 0.503 e. The van der Waals surface area contributed by atoms with E-state index in [1.165, 1.54) is 6.08 Å². The predicted octanol–water partition coefficient (Wildman–Crippen LogP) is 4.15. The normalized spacial score (nSPS) is 16.2. The van der Waals surface area contributed by atoms with E-state index in [4.69, 9.17) is 0 Å². The van der Waals surface area contributed by atoms with Crippen LogP contribution in [0.4, 0.5) is 16.2 Å². The van der Waals surface area contributed by atoms with Crippen LogP contribution in [0.1, 0.15) is 11.6 Å². The molecule has 1 unspecified atom stereocenters. The highest BCUT2D eigenvalue weighted by Crippen LogP contribution is 2.28. The van der Waals surface area contributed by atoms with Gasteiger partial charge in [0.15, 0.2) is 5.76 Å². The minimum absolute atomic E-state index is 0.434. The van der Waals surface area contributed by atoms with Crippen LogP contribution >= 0.6 is 45.2 Å². The number of anilines is 2. The second kappa shape index (κ2) is 7.60. The number of fused-ring (bicyclic) bond motifs is 1. The number of amides is 3. The van der Waals surface area contributed by atoms with Crippen molar-refractivity contribution in [1.82, 2.24) is 5.32 Å². The molecule has 0 aromatic heterocycles. The number of carbonyl (C=O) groups is 2. The van der Waals surface area contributed by atoms with E-state index < -0.39 is 23.7 Å². The van der Waals surface area contributed by atoms with Crippen molar-refractivity contribution >= 4 is 68.5 Å². The van der Waals surface area contributed by atoms with Gasteiger partial charge in [-0.15, -0.1) is 0 Å². The molecular weight excluding hydrogens is 548 g/mol. The summed E-state index contributed by atoms with van der Waals surface area (Å²) in [6, 6.07) is 11.7. The Kier molecular flexibility index (Phi) is 5.47. The summed E-state index contributed by atoms with van der Waals surface area (Å²) in [5.74, 6) is -1.05. The molecule has 0 bridgehead atoms. The Hall–Kier alpha value is -1.82. The van der Waals surface area contributed by atoms with Gasteiger partial charge in [-0.1, -0.05) is 18.2 Å². The van der Waals surface area contributed by atoms with Crippen LogP contribution in [0.3, 0.4) is 0 Å². The van der Waals surface area contributed by atoms with Gasteiger partial charge >= 0.3 is 6.03 Å². The topological polar surface area (TPSA) is 90.5 Å². The average Bonchev–Trinajstić information content (AvgIpc) is 2.64. The molecule has 128 valence electrons. The highest BCUT2D eigenvalue weighted by atomic mass is 127. The van der Waals surface area contributed by atoms with Crippen molar-refractivity contribution in [3.8, 4) is 0 Å². The monoisotopic (exact) mass is 561 g/mol. The maximum absolute atomic E-state index is 12.4. The number of para-hydroxylation sites is 1. The smallest absolute Gasteiger partial charge is 0.319 e. The van der Waals surface area contributed by atoms with E-state index in [-0.39, 0.29) is 0 Å². The van der Waals surface area contributed by atoms with Crippen molar-refractivity contribution in [2.45, 2.75) is 6.04 Å². The molecule has 1 heterocycles. The van der Waals surface area contributed by atoms with Gasteiger partial charge in [0.05, 0.1) is 6.04 Å². The van der Waals surface area contributed by atoms with E-state index in [0.29, 0.717) is 16.9 Å². The van der Waals surface area contributed by atoms with Gasteiger partial charge in [-0.2, -0.15) is 0 Å². The van der Waals surface area contributed by atoms with Crippen LogP contribution in [-0.4, -0.2) is 17.0 Å². The molecule has 0 radical (unpaired) electrons. The fourth-order valence-electron chi connectivity index (χ4n) is 2.45. The summed E-state index contributed by atoms with van der Waals surface area (Å²) in [6.45, 7) is 0. The van der Waals surface area contributed by atoms with Crippen LogP contribution in [0.5, 0.6) is 0 Å². The predicted molar refractivity (Wildman–Crippen MR) is 113 cm³/mol. The molecule has 0 saturated carbocycles. The number of carbonyl (C=O) groups excluding carboxylic acids is 2. The Morgan fingerprint density at radius 1 is 1.12 bits per heavy atom. The lowest BCUT2D eigenvalue weighted by molar-refractivity contribution is -0.115. The van der Waals surface area contributed by atoms with Gasteiger partial charge in [0.1, 0.15) is 0 Å². The molecule has 3 rings (SSSR count). The number of aliphatic hydroxyl groups excluding tert-OH is 1. The van der Waals surface area contributed by atoms with E-state index in [1.54, 1.807) is 24.3 Å². The van der Waals surface area contributed by atoms with Crippen LogP contribution in [0.25, 0.3) is 0 Å². The van der Waals surface area contributed by atoms with Gasteiger partial charge in [0, 0.05) is 24.1 Å². The standard InChI is InChI=1S/C17H13I2N3O3/c18-9-5-10(19)7-11(6-9)20-17(25)22-14-8-15(23)16(24)21-13-4-2-1-3-12(13)14/h1-8,14,23H,(H,21,24)(H2,20,22,25). The maximum atomic E-state index is 12.4. The first-order valence-electron chi connectivity index (χ1n) is 7.27. The minimum Gasteiger partial charge on any atom is -0.503 e. The Balaban J connectivity index is 1.83. The van der Waals surface area contributed by atoms with Crippen molar-refractivity contribution in [2.24, 2.45) is 0 Å². The number of aliphatic hydroxyl groups is 1. The lowest BCUT2D eigenvalue weighted by Crippen LogP contribution is -2.32. The molecule has 6 nitrogen and oxygen atoms in total. The number of hydrogen-bond acceptors (Lipinski definition) is 3. The van der Waals surface area contributed by atoms with Crippen molar-refractivity contribution in [3.63, 3.8) is 0 Å². The molecule has 25 heavy (non-hydrogen) atoms. The summed E-state index contributed by atoms with van der Waals surface area (Å²) in [4.78, 5) is 24.2. The van der Waals surface area contributed by atoms with Crippen molar-refractivity contribution in [1.29, 1.82) is 0 Å². The summed E-state index contributed by atoms with van der Waals surface area (Å²) in [6.07, 6.45) is 1.32. The summed E-state index contributed by atoms with van der Waals surface area (Å²) in [7, 11) is 0. The van der Waals surface area contributed by atoms with E-state index in [2.05, 4.69) is 61.1 Å². The Labute approximate surface area is 171 Å². The molecule has 2 aromatic rings. The molecule has 0 spiro atoms. The summed E-state index contributed by atoms with van der Waals surface area (Å²) in [5.41, 5.74) is 1.90. The minimum atomic E-state index is -0.642. The lowest BCUT2D eigenvalue weighted by Gasteiger charge is -2.17. The summed E-state index contributed by atoms with van der Waals surface area (Å²) < 4.78 is 2.01. The molecule has 4 N–H and O–H groups in total. The first-order chi connectivity index (χ1) is 11.9. The van der Waals surface area contributed by atoms with Crippen molar-refractivity contribution in [2.75, 3.05) is 10.6 Å². The molecule has 0 saturated heterocycles. The first-order valence-corrected chi connectivity index (χ1v) is 9.43. The van der Waals surface area contributed by atoms with E-state index >= 15 is 0 Å². The molecule has 2 aromatic carbocycles. The summed E-state index contributed by atoms with van der Waals surface area (Å²) >= 11 is 4.36. The van der Waals surface area contributed by atoms with Gasteiger partial charge in [-0.05, 0) is 75.5 Å². The number of urea groups is 1. The molecule has 3 amide bonds. The second-order valence-corrected chi connectivity index (χ2v) is 7.82. The number of benzene rings is 2. The quantitative estimate of drug-likeness (QED) is 0.416. The second-order valence-electron chi connectivity index (χ2n) is 5.33. The number of hydrogen-bond donors (Lipinski definition) is 4. The van der Waals surface area contributed by atoms with Crippen molar-refractivity contribution < 1.29 is 14.7 Å². The number of rotatable bonds is 2. The Morgan fingerprint density at radius 2 is 1.80 bits per heavy atom. The van der Waals surface area contributed by atoms with Gasteiger partial charge in [0.2, 0.25) is 0 Å². The number of halogens is 2. The van der Waals surface area contributed by atoms with E-state index in [1.807, 2.05) is 18.2 Å². The fraction of sp³-hybridized carbons (Fsp3) is 0.0588. The average molecular weight is 561 g/mol. The SMILES string of the molecule is O=C(Nc1cc(I)cc(I)c1)NC1C=C(O)C(=O)Nc2ccccc21. The van der Waals surface area contributed by atoms with Crippen LogP contribution in [0, 0.1) is 7.14 Å². The van der Waals surface area contributed by atoms with Gasteiger partial charge in [0.25, 0.3) is 5.91 Å². The highest BCUT2D eigenvalue weighted by Gasteiger charge is 2.23. The first kappa shape index (κ1) is 18.0. The third-order valence-corrected chi connectivity index (χ3v) is 4.75. The zero-order valence-electron chi connectivity index (χ0n) is 12.7. The molecule has 0 fully saturated rings. The van der Waals surface area contributed by atoms with E-state index in [0.717, 1.165) is 7.14 Å². The van der Waals surface area contributed by atoms with Gasteiger partial charge in [-0.3, -0.25) is 4.79 Å². The van der Waals surface area contributed by atoms with Crippen LogP contribution in [0.15, 0.2) is 54.3 Å². The van der Waals surface area contributed by atoms with Crippen LogP contribution in [0.2, 0.25) is 0 Å². The molecule has 0 aliphatic carbocycles. The third kappa shape index (κ3) is 4.42. The molecule has 8 heteroatoms. The highest BCUT2D eigenvalue weighted by molar-refractivity contribution is 14.1. The molecule has 1 aliphatic rings. The fourth-order valence-corrected chi connectivity index (χ4v) is 4.38.